The van der Waals surface area contributed by atoms with E-state index in [1.54, 1.807) is 19.2 Å². The van der Waals surface area contributed by atoms with Gasteiger partial charge in [0.2, 0.25) is 5.91 Å². The van der Waals surface area contributed by atoms with Crippen molar-refractivity contribution in [1.29, 1.82) is 0 Å². The maximum atomic E-state index is 13.0. The van der Waals surface area contributed by atoms with Crippen molar-refractivity contribution in [3.05, 3.63) is 74.5 Å². The van der Waals surface area contributed by atoms with Crippen LogP contribution < -0.4 is 20.3 Å². The first-order chi connectivity index (χ1) is 15.0. The van der Waals surface area contributed by atoms with E-state index in [0.717, 1.165) is 5.56 Å². The minimum atomic E-state index is -0.507. The minimum absolute atomic E-state index is 0.105. The van der Waals surface area contributed by atoms with Gasteiger partial charge in [0.1, 0.15) is 5.82 Å². The van der Waals surface area contributed by atoms with Crippen molar-refractivity contribution < 1.29 is 14.3 Å². The highest BCUT2D eigenvalue weighted by molar-refractivity contribution is 7.98. The number of aromatic nitrogens is 2. The molecule has 160 valence electrons. The summed E-state index contributed by atoms with van der Waals surface area (Å²) in [5, 5.41) is 3.79. The molecule has 1 unspecified atom stereocenters. The number of nitrogens with one attached hydrogen (secondary N) is 2. The predicted octanol–water partition coefficient (Wildman–Crippen LogP) is 4.21. The molecule has 0 saturated heterocycles. The van der Waals surface area contributed by atoms with Gasteiger partial charge >= 0.3 is 0 Å². The Kier molecular flexibility index (Phi) is 6.20. The van der Waals surface area contributed by atoms with Crippen LogP contribution in [0, 0.1) is 0 Å². The number of carbonyl (C=O) groups is 1. The average Bonchev–Trinajstić information content (AvgIpc) is 2.77. The van der Waals surface area contributed by atoms with Gasteiger partial charge in [0.15, 0.2) is 16.7 Å². The second-order valence-corrected chi connectivity index (χ2v) is 8.27. The van der Waals surface area contributed by atoms with Crippen molar-refractivity contribution in [2.45, 2.75) is 23.2 Å². The molecule has 4 rings (SSSR count). The van der Waals surface area contributed by atoms with E-state index >= 15 is 0 Å². The van der Waals surface area contributed by atoms with Crippen LogP contribution >= 0.6 is 23.4 Å². The Bertz CT molecular complexity index is 1200. The van der Waals surface area contributed by atoms with E-state index in [1.807, 2.05) is 30.3 Å². The fraction of sp³-hybridized carbons (Fsp3) is 0.227. The van der Waals surface area contributed by atoms with Crippen molar-refractivity contribution in [3.8, 4) is 11.5 Å². The van der Waals surface area contributed by atoms with Crippen molar-refractivity contribution >= 4 is 35.1 Å². The number of thioether (sulfide) groups is 1. The summed E-state index contributed by atoms with van der Waals surface area (Å²) in [6, 6.07) is 12.9. The lowest BCUT2D eigenvalue weighted by molar-refractivity contribution is -0.116. The number of ether oxygens (including phenoxy) is 2. The molecule has 0 bridgehead atoms. The third-order valence-corrected chi connectivity index (χ3v) is 6.35. The average molecular weight is 458 g/mol. The second kappa shape index (κ2) is 9.03. The third kappa shape index (κ3) is 4.26. The lowest BCUT2D eigenvalue weighted by Gasteiger charge is -2.26. The van der Waals surface area contributed by atoms with Crippen LogP contribution in [0.15, 0.2) is 52.4 Å². The molecule has 1 aromatic heterocycles. The Morgan fingerprint density at radius 3 is 2.68 bits per heavy atom. The van der Waals surface area contributed by atoms with E-state index < -0.39 is 5.92 Å². The lowest BCUT2D eigenvalue weighted by Crippen LogP contribution is -2.31. The molecule has 2 heterocycles. The highest BCUT2D eigenvalue weighted by Crippen LogP contribution is 2.42. The van der Waals surface area contributed by atoms with Crippen molar-refractivity contribution in [3.63, 3.8) is 0 Å². The number of para-hydroxylation sites is 1. The van der Waals surface area contributed by atoms with Crippen molar-refractivity contribution in [2.75, 3.05) is 19.5 Å². The molecule has 1 atom stereocenters. The summed E-state index contributed by atoms with van der Waals surface area (Å²) < 4.78 is 10.9. The molecular weight excluding hydrogens is 438 g/mol. The van der Waals surface area contributed by atoms with Crippen LogP contribution in [0.1, 0.15) is 29.0 Å². The molecule has 0 radical (unpaired) electrons. The smallest absolute Gasteiger partial charge is 0.257 e. The van der Waals surface area contributed by atoms with Crippen LogP contribution in [-0.4, -0.2) is 30.1 Å². The SMILES string of the molecule is COc1cccc(C2CC(=O)Nc3nc(SCc4ccccc4Cl)[nH]c(=O)c32)c1OC. The maximum Gasteiger partial charge on any atom is 0.257 e. The zero-order chi connectivity index (χ0) is 22.0. The molecular formula is C22H20ClN3O4S. The summed E-state index contributed by atoms with van der Waals surface area (Å²) in [6.45, 7) is 0. The van der Waals surface area contributed by atoms with E-state index in [1.165, 1.54) is 18.9 Å². The molecule has 0 spiro atoms. The van der Waals surface area contributed by atoms with Crippen LogP contribution in [-0.2, 0) is 10.5 Å². The number of hydrogen-bond acceptors (Lipinski definition) is 6. The topological polar surface area (TPSA) is 93.3 Å². The lowest BCUT2D eigenvalue weighted by atomic mass is 9.86. The molecule has 1 aliphatic heterocycles. The molecule has 3 aromatic rings. The number of nitrogens with zero attached hydrogens (tertiary/aromatic N) is 1. The van der Waals surface area contributed by atoms with Gasteiger partial charge in [-0.3, -0.25) is 9.59 Å². The number of benzene rings is 2. The zero-order valence-corrected chi connectivity index (χ0v) is 18.5. The van der Waals surface area contributed by atoms with Crippen LogP contribution in [0.2, 0.25) is 5.02 Å². The largest absolute Gasteiger partial charge is 0.493 e. The Morgan fingerprint density at radius 2 is 1.94 bits per heavy atom. The van der Waals surface area contributed by atoms with E-state index in [2.05, 4.69) is 15.3 Å². The molecule has 2 N–H and O–H groups in total. The van der Waals surface area contributed by atoms with E-state index in [-0.39, 0.29) is 23.7 Å². The number of methoxy groups -OCH3 is 2. The molecule has 31 heavy (non-hydrogen) atoms. The zero-order valence-electron chi connectivity index (χ0n) is 16.9. The molecule has 0 fully saturated rings. The van der Waals surface area contributed by atoms with Gasteiger partial charge in [0.05, 0.1) is 19.8 Å². The highest BCUT2D eigenvalue weighted by Gasteiger charge is 2.33. The molecule has 1 aliphatic rings. The van der Waals surface area contributed by atoms with E-state index in [0.29, 0.717) is 38.6 Å². The first-order valence-electron chi connectivity index (χ1n) is 9.53. The number of anilines is 1. The summed E-state index contributed by atoms with van der Waals surface area (Å²) in [5.74, 6) is 1.09. The van der Waals surface area contributed by atoms with Gasteiger partial charge in [-0.2, -0.15) is 0 Å². The van der Waals surface area contributed by atoms with Crippen LogP contribution in [0.5, 0.6) is 11.5 Å². The van der Waals surface area contributed by atoms with E-state index in [9.17, 15) is 9.59 Å². The fourth-order valence-corrected chi connectivity index (χ4v) is 4.78. The minimum Gasteiger partial charge on any atom is -0.493 e. The van der Waals surface area contributed by atoms with Gasteiger partial charge in [0.25, 0.3) is 5.56 Å². The van der Waals surface area contributed by atoms with Gasteiger partial charge in [-0.15, -0.1) is 0 Å². The van der Waals surface area contributed by atoms with Crippen LogP contribution in [0.25, 0.3) is 0 Å². The van der Waals surface area contributed by atoms with Gasteiger partial charge < -0.3 is 19.8 Å². The summed E-state index contributed by atoms with van der Waals surface area (Å²) in [4.78, 5) is 32.8. The van der Waals surface area contributed by atoms with Gasteiger partial charge in [-0.1, -0.05) is 53.7 Å². The molecule has 7 nitrogen and oxygen atoms in total. The Labute approximate surface area is 188 Å². The van der Waals surface area contributed by atoms with Crippen LogP contribution in [0.3, 0.4) is 0 Å². The number of carbonyl (C=O) groups excluding carboxylic acids is 1. The van der Waals surface area contributed by atoms with Gasteiger partial charge in [-0.25, -0.2) is 4.98 Å². The number of halogens is 1. The third-order valence-electron chi connectivity index (χ3n) is 5.06. The standard InChI is InChI=1S/C22H20ClN3O4S/c1-29-16-9-5-7-13(19(16)30-2)14-10-17(27)24-20-18(14)21(28)26-22(25-20)31-11-12-6-3-4-8-15(12)23/h3-9,14H,10-11H2,1-2H3,(H2,24,25,26,27,28). The number of aromatic amines is 1. The van der Waals surface area contributed by atoms with Crippen LogP contribution in [0.4, 0.5) is 5.82 Å². The summed E-state index contributed by atoms with van der Waals surface area (Å²) in [6.07, 6.45) is 0.105. The fourth-order valence-electron chi connectivity index (χ4n) is 3.63. The first-order valence-corrected chi connectivity index (χ1v) is 10.9. The normalized spacial score (nSPS) is 15.2. The number of H-pyrrole nitrogens is 1. The van der Waals surface area contributed by atoms with Gasteiger partial charge in [-0.05, 0) is 17.7 Å². The van der Waals surface area contributed by atoms with Gasteiger partial charge in [0, 0.05) is 28.7 Å². The molecule has 1 amide bonds. The van der Waals surface area contributed by atoms with Crippen molar-refractivity contribution in [1.82, 2.24) is 9.97 Å². The molecule has 2 aromatic carbocycles. The number of hydrogen-bond donors (Lipinski definition) is 2. The quantitative estimate of drug-likeness (QED) is 0.425. The summed E-state index contributed by atoms with van der Waals surface area (Å²) in [7, 11) is 3.07. The second-order valence-electron chi connectivity index (χ2n) is 6.90. The summed E-state index contributed by atoms with van der Waals surface area (Å²) >= 11 is 7.55. The maximum absolute atomic E-state index is 13.0. The Balaban J connectivity index is 1.71. The highest BCUT2D eigenvalue weighted by atomic mass is 35.5. The number of amides is 1. The Morgan fingerprint density at radius 1 is 1.13 bits per heavy atom. The van der Waals surface area contributed by atoms with Crippen molar-refractivity contribution in [2.24, 2.45) is 0 Å². The Hall–Kier alpha value is -2.97. The molecule has 9 heteroatoms. The predicted molar refractivity (Wildman–Crippen MR) is 121 cm³/mol. The van der Waals surface area contributed by atoms with E-state index in [4.69, 9.17) is 21.1 Å². The first kappa shape index (κ1) is 21.3. The molecule has 0 aliphatic carbocycles. The number of fused-ring (bicyclic) bond motifs is 1. The number of rotatable bonds is 6. The monoisotopic (exact) mass is 457 g/mol. The molecule has 0 saturated carbocycles. The summed E-state index contributed by atoms with van der Waals surface area (Å²) in [5.41, 5.74) is 1.72.